The topological polar surface area (TPSA) is 83.8 Å². The van der Waals surface area contributed by atoms with E-state index >= 15 is 0 Å². The molecule has 132 valence electrons. The molecule has 5 heteroatoms. The fourth-order valence-corrected chi connectivity index (χ4v) is 1.94. The number of aliphatic hydroxyl groups is 1. The first-order valence-electron chi connectivity index (χ1n) is 7.69. The average Bonchev–Trinajstić information content (AvgIpc) is 2.60. The third-order valence-electron chi connectivity index (χ3n) is 3.36. The van der Waals surface area contributed by atoms with Crippen molar-refractivity contribution < 1.29 is 24.5 Å². The normalized spacial score (nSPS) is 12.2. The maximum Gasteiger partial charge on any atom is 0.334 e. The number of carboxylic acid groups (broad SMARTS) is 1. The van der Waals surface area contributed by atoms with Crippen molar-refractivity contribution in [2.24, 2.45) is 0 Å². The molecule has 0 fully saturated rings. The smallest absolute Gasteiger partial charge is 0.334 e. The molecule has 0 saturated carbocycles. The zero-order valence-corrected chi connectivity index (χ0v) is 14.5. The Hall–Kier alpha value is -2.40. The second-order valence-corrected chi connectivity index (χ2v) is 5.22. The Bertz CT molecular complexity index is 560. The largest absolute Gasteiger partial charge is 0.478 e. The van der Waals surface area contributed by atoms with Crippen molar-refractivity contribution in [3.8, 4) is 0 Å². The van der Waals surface area contributed by atoms with Gasteiger partial charge in [0.15, 0.2) is 0 Å². The van der Waals surface area contributed by atoms with Crippen molar-refractivity contribution >= 4 is 11.9 Å². The highest BCUT2D eigenvalue weighted by Crippen LogP contribution is 2.18. The SMILES string of the molecule is C=CC(=O)O.CCC(O)CC(C)=C(Cc1ccccc1)C(=O)OC. The van der Waals surface area contributed by atoms with E-state index in [2.05, 4.69) is 6.58 Å². The molecule has 5 nitrogen and oxygen atoms in total. The molecule has 0 aromatic heterocycles. The molecule has 24 heavy (non-hydrogen) atoms. The second-order valence-electron chi connectivity index (χ2n) is 5.22. The van der Waals surface area contributed by atoms with Gasteiger partial charge in [0, 0.05) is 18.1 Å². The van der Waals surface area contributed by atoms with E-state index in [9.17, 15) is 14.7 Å². The molecule has 0 aliphatic heterocycles. The monoisotopic (exact) mass is 334 g/mol. The molecule has 1 aromatic rings. The number of carbonyl (C=O) groups is 2. The van der Waals surface area contributed by atoms with E-state index in [1.165, 1.54) is 7.11 Å². The van der Waals surface area contributed by atoms with Gasteiger partial charge >= 0.3 is 11.9 Å². The third-order valence-corrected chi connectivity index (χ3v) is 3.36. The lowest BCUT2D eigenvalue weighted by molar-refractivity contribution is -0.136. The summed E-state index contributed by atoms with van der Waals surface area (Å²) in [4.78, 5) is 21.1. The molecule has 0 amide bonds. The Kier molecular flexibility index (Phi) is 10.9. The number of aliphatic hydroxyl groups excluding tert-OH is 1. The summed E-state index contributed by atoms with van der Waals surface area (Å²) in [5, 5.41) is 17.3. The highest BCUT2D eigenvalue weighted by Gasteiger charge is 2.15. The standard InChI is InChI=1S/C16H22O3.C3H4O2/c1-4-14(17)10-12(2)15(16(18)19-3)11-13-8-6-5-7-9-13;1-2-3(4)5/h5-9,14,17H,4,10-11H2,1-3H3;2H,1H2,(H,4,5). The van der Waals surface area contributed by atoms with Crippen LogP contribution in [0.5, 0.6) is 0 Å². The number of ether oxygens (including phenoxy) is 1. The van der Waals surface area contributed by atoms with Crippen LogP contribution in [0, 0.1) is 0 Å². The molecule has 0 aliphatic rings. The molecule has 0 saturated heterocycles. The van der Waals surface area contributed by atoms with E-state index in [1.807, 2.05) is 44.2 Å². The highest BCUT2D eigenvalue weighted by atomic mass is 16.5. The molecule has 0 aliphatic carbocycles. The molecular formula is C19H26O5. The van der Waals surface area contributed by atoms with E-state index in [1.54, 1.807) is 0 Å². The van der Waals surface area contributed by atoms with Crippen LogP contribution < -0.4 is 0 Å². The van der Waals surface area contributed by atoms with Gasteiger partial charge in [-0.3, -0.25) is 0 Å². The van der Waals surface area contributed by atoms with Gasteiger partial charge in [-0.1, -0.05) is 49.4 Å². The summed E-state index contributed by atoms with van der Waals surface area (Å²) in [6.07, 6.45) is 2.15. The van der Waals surface area contributed by atoms with Crippen LogP contribution in [0.1, 0.15) is 32.3 Å². The Labute approximate surface area is 143 Å². The molecule has 0 bridgehead atoms. The average molecular weight is 334 g/mol. The molecule has 0 radical (unpaired) electrons. The van der Waals surface area contributed by atoms with Gasteiger partial charge in [-0.15, -0.1) is 0 Å². The number of hydrogen-bond acceptors (Lipinski definition) is 4. The number of hydrogen-bond donors (Lipinski definition) is 2. The Balaban J connectivity index is 0.000000922. The van der Waals surface area contributed by atoms with Gasteiger partial charge in [0.05, 0.1) is 13.2 Å². The zero-order valence-electron chi connectivity index (χ0n) is 14.5. The van der Waals surface area contributed by atoms with E-state index < -0.39 is 12.1 Å². The summed E-state index contributed by atoms with van der Waals surface area (Å²) >= 11 is 0. The number of esters is 1. The van der Waals surface area contributed by atoms with Gasteiger partial charge in [0.1, 0.15) is 0 Å². The van der Waals surface area contributed by atoms with Crippen molar-refractivity contribution in [2.45, 2.75) is 39.2 Å². The van der Waals surface area contributed by atoms with Crippen molar-refractivity contribution in [3.63, 3.8) is 0 Å². The van der Waals surface area contributed by atoms with Crippen molar-refractivity contribution in [1.29, 1.82) is 0 Å². The van der Waals surface area contributed by atoms with Gasteiger partial charge < -0.3 is 14.9 Å². The highest BCUT2D eigenvalue weighted by molar-refractivity contribution is 5.89. The van der Waals surface area contributed by atoms with E-state index in [0.717, 1.165) is 17.2 Å². The fourth-order valence-electron chi connectivity index (χ4n) is 1.94. The van der Waals surface area contributed by atoms with Gasteiger partial charge in [0.2, 0.25) is 0 Å². The summed E-state index contributed by atoms with van der Waals surface area (Å²) in [5.41, 5.74) is 2.60. The lowest BCUT2D eigenvalue weighted by Gasteiger charge is -2.13. The molecule has 1 atom stereocenters. The summed E-state index contributed by atoms with van der Waals surface area (Å²) in [5.74, 6) is -1.30. The Morgan fingerprint density at radius 2 is 1.83 bits per heavy atom. The van der Waals surface area contributed by atoms with E-state index in [-0.39, 0.29) is 5.97 Å². The van der Waals surface area contributed by atoms with Crippen molar-refractivity contribution in [3.05, 3.63) is 59.7 Å². The van der Waals surface area contributed by atoms with Crippen LogP contribution in [0.25, 0.3) is 0 Å². The molecule has 1 unspecified atom stereocenters. The number of benzene rings is 1. The van der Waals surface area contributed by atoms with Crippen LogP contribution in [0.2, 0.25) is 0 Å². The fraction of sp³-hybridized carbons (Fsp3) is 0.368. The second kappa shape index (κ2) is 12.1. The summed E-state index contributed by atoms with van der Waals surface area (Å²) in [6.45, 7) is 6.77. The number of carboxylic acids is 1. The number of carbonyl (C=O) groups excluding carboxylic acids is 1. The minimum atomic E-state index is -0.981. The van der Waals surface area contributed by atoms with Crippen LogP contribution in [0.15, 0.2) is 54.1 Å². The molecule has 0 heterocycles. The molecule has 1 aromatic carbocycles. The maximum atomic E-state index is 11.9. The van der Waals surface area contributed by atoms with Crippen LogP contribution in [0.4, 0.5) is 0 Å². The lowest BCUT2D eigenvalue weighted by atomic mass is 9.96. The Morgan fingerprint density at radius 1 is 1.29 bits per heavy atom. The van der Waals surface area contributed by atoms with E-state index in [0.29, 0.717) is 24.8 Å². The van der Waals surface area contributed by atoms with Crippen LogP contribution in [-0.4, -0.2) is 35.4 Å². The summed E-state index contributed by atoms with van der Waals surface area (Å²) in [6, 6.07) is 9.79. The molecular weight excluding hydrogens is 308 g/mol. The third kappa shape index (κ3) is 8.90. The first-order chi connectivity index (χ1) is 11.3. The molecule has 1 rings (SSSR count). The summed E-state index contributed by atoms with van der Waals surface area (Å²) < 4.78 is 4.84. The summed E-state index contributed by atoms with van der Waals surface area (Å²) in [7, 11) is 1.39. The predicted octanol–water partition coefficient (Wildman–Crippen LogP) is 3.14. The van der Waals surface area contributed by atoms with Crippen LogP contribution >= 0.6 is 0 Å². The van der Waals surface area contributed by atoms with E-state index in [4.69, 9.17) is 9.84 Å². The molecule has 2 N–H and O–H groups in total. The predicted molar refractivity (Wildman–Crippen MR) is 93.6 cm³/mol. The number of methoxy groups -OCH3 is 1. The first-order valence-corrected chi connectivity index (χ1v) is 7.69. The first kappa shape index (κ1) is 21.6. The van der Waals surface area contributed by atoms with Gasteiger partial charge in [0.25, 0.3) is 0 Å². The number of aliphatic carboxylic acids is 1. The zero-order chi connectivity index (χ0) is 18.5. The van der Waals surface area contributed by atoms with Gasteiger partial charge in [-0.25, -0.2) is 9.59 Å². The van der Waals surface area contributed by atoms with Crippen LogP contribution in [-0.2, 0) is 20.7 Å². The number of rotatable bonds is 7. The minimum absolute atomic E-state index is 0.315. The van der Waals surface area contributed by atoms with Crippen molar-refractivity contribution in [2.75, 3.05) is 7.11 Å². The Morgan fingerprint density at radius 3 is 2.25 bits per heavy atom. The minimum Gasteiger partial charge on any atom is -0.478 e. The maximum absolute atomic E-state index is 11.9. The van der Waals surface area contributed by atoms with Crippen molar-refractivity contribution in [1.82, 2.24) is 0 Å². The lowest BCUT2D eigenvalue weighted by Crippen LogP contribution is -2.13. The van der Waals surface area contributed by atoms with Crippen LogP contribution in [0.3, 0.4) is 0 Å². The quantitative estimate of drug-likeness (QED) is 0.591. The van der Waals surface area contributed by atoms with Gasteiger partial charge in [-0.05, 0) is 25.3 Å². The molecule has 0 spiro atoms. The van der Waals surface area contributed by atoms with Gasteiger partial charge in [-0.2, -0.15) is 0 Å².